The van der Waals surface area contributed by atoms with Crippen LogP contribution in [0.5, 0.6) is 0 Å². The Morgan fingerprint density at radius 3 is 2.73 bits per heavy atom. The molecule has 154 valence electrons. The minimum Gasteiger partial charge on any atom is -0.390 e. The molecule has 0 radical (unpaired) electrons. The van der Waals surface area contributed by atoms with Crippen molar-refractivity contribution in [2.45, 2.75) is 32.0 Å². The molecule has 1 aromatic heterocycles. The molecule has 3 heterocycles. The molecule has 0 saturated carbocycles. The number of nitrogens with zero attached hydrogens (tertiary/aromatic N) is 4. The van der Waals surface area contributed by atoms with Gasteiger partial charge in [-0.2, -0.15) is 0 Å². The third kappa shape index (κ3) is 3.33. The third-order valence-corrected chi connectivity index (χ3v) is 4.80. The molecule has 2 aromatic rings. The fraction of sp³-hybridized carbons (Fsp3) is 0.278. The van der Waals surface area contributed by atoms with E-state index in [1.165, 1.54) is 29.1 Å². The van der Waals surface area contributed by atoms with Gasteiger partial charge in [-0.15, -0.1) is 5.10 Å². The van der Waals surface area contributed by atoms with Crippen molar-refractivity contribution in [2.24, 2.45) is 0 Å². The smallest absolute Gasteiger partial charge is 0.264 e. The molecular weight excluding hydrogens is 396 g/mol. The van der Waals surface area contributed by atoms with Crippen LogP contribution in [0.25, 0.3) is 0 Å². The molecule has 1 aromatic carbocycles. The number of carbonyl (C=O) groups is 5. The van der Waals surface area contributed by atoms with Crippen LogP contribution in [-0.4, -0.2) is 60.6 Å². The maximum Gasteiger partial charge on any atom is 0.264 e. The normalized spacial score (nSPS) is 18.4. The summed E-state index contributed by atoms with van der Waals surface area (Å²) in [4.78, 5) is 62.5. The van der Waals surface area contributed by atoms with Crippen molar-refractivity contribution in [3.05, 3.63) is 41.2 Å². The molecule has 0 aliphatic carbocycles. The van der Waals surface area contributed by atoms with Crippen molar-refractivity contribution in [1.82, 2.24) is 25.2 Å². The van der Waals surface area contributed by atoms with Gasteiger partial charge in [0.2, 0.25) is 17.7 Å². The average Bonchev–Trinajstić information content (AvgIpc) is 3.26. The summed E-state index contributed by atoms with van der Waals surface area (Å²) in [5.74, 6) is -3.08. The molecule has 1 unspecified atom stereocenters. The monoisotopic (exact) mass is 412 g/mol. The molecule has 0 spiro atoms. The van der Waals surface area contributed by atoms with E-state index in [2.05, 4.69) is 20.9 Å². The first-order valence-electron chi connectivity index (χ1n) is 9.03. The third-order valence-electron chi connectivity index (χ3n) is 4.80. The number of carbonyl (C=O) groups excluding carboxylic acids is 5. The second kappa shape index (κ2) is 7.48. The minimum atomic E-state index is -1.09. The van der Waals surface area contributed by atoms with Crippen LogP contribution in [0, 0.1) is 0 Å². The molecule has 5 amide bonds. The minimum absolute atomic E-state index is 0.0150. The number of hydrogen-bond donors (Lipinski definition) is 3. The van der Waals surface area contributed by atoms with Crippen LogP contribution in [0.3, 0.4) is 0 Å². The average molecular weight is 412 g/mol. The molecular formula is C18H16N6O6. The van der Waals surface area contributed by atoms with E-state index < -0.39 is 35.6 Å². The lowest BCUT2D eigenvalue weighted by atomic mass is 10.0. The number of nitrogens with one attached hydrogen (secondary N) is 2. The van der Waals surface area contributed by atoms with Gasteiger partial charge in [0.05, 0.1) is 29.6 Å². The molecule has 1 fully saturated rings. The molecule has 2 aliphatic rings. The first-order valence-corrected chi connectivity index (χ1v) is 9.03. The molecule has 2 aliphatic heterocycles. The number of piperidine rings is 1. The highest BCUT2D eigenvalue weighted by atomic mass is 16.3. The quantitative estimate of drug-likeness (QED) is 0.516. The van der Waals surface area contributed by atoms with Crippen molar-refractivity contribution in [3.63, 3.8) is 0 Å². The molecule has 4 rings (SSSR count). The van der Waals surface area contributed by atoms with E-state index in [1.54, 1.807) is 0 Å². The van der Waals surface area contributed by atoms with E-state index in [-0.39, 0.29) is 42.8 Å². The van der Waals surface area contributed by atoms with E-state index >= 15 is 0 Å². The maximum atomic E-state index is 13.0. The van der Waals surface area contributed by atoms with Crippen LogP contribution in [0.1, 0.15) is 39.3 Å². The number of aliphatic hydroxyl groups is 1. The topological polar surface area (TPSA) is 164 Å². The van der Waals surface area contributed by atoms with Crippen LogP contribution >= 0.6 is 0 Å². The standard InChI is InChI=1S/C18H16N6O6/c25-8-9-6-23(22-21-9)7-14(27)19-11-3-1-2-10-15(11)18(30)24(17(10)29)12-4-5-13(26)20-16(12)28/h1-3,6,12,25H,4-5,7-8H2,(H,19,27)(H,20,26,28). The Bertz CT molecular complexity index is 1090. The van der Waals surface area contributed by atoms with Crippen LogP contribution in [-0.2, 0) is 27.5 Å². The number of aliphatic hydroxyl groups excluding tert-OH is 1. The lowest BCUT2D eigenvalue weighted by molar-refractivity contribution is -0.136. The van der Waals surface area contributed by atoms with E-state index in [4.69, 9.17) is 5.11 Å². The number of rotatable bonds is 5. The molecule has 1 atom stereocenters. The summed E-state index contributed by atoms with van der Waals surface area (Å²) in [5, 5.41) is 21.1. The van der Waals surface area contributed by atoms with Crippen molar-refractivity contribution >= 4 is 35.2 Å². The lowest BCUT2D eigenvalue weighted by Crippen LogP contribution is -2.54. The van der Waals surface area contributed by atoms with Gasteiger partial charge in [-0.1, -0.05) is 11.3 Å². The van der Waals surface area contributed by atoms with E-state index in [9.17, 15) is 24.0 Å². The number of amides is 5. The van der Waals surface area contributed by atoms with Gasteiger partial charge in [-0.3, -0.25) is 34.2 Å². The highest BCUT2D eigenvalue weighted by molar-refractivity contribution is 6.26. The van der Waals surface area contributed by atoms with Gasteiger partial charge in [0.25, 0.3) is 11.8 Å². The fourth-order valence-electron chi connectivity index (χ4n) is 3.44. The highest BCUT2D eigenvalue weighted by Gasteiger charge is 2.45. The molecule has 0 bridgehead atoms. The van der Waals surface area contributed by atoms with Crippen LogP contribution < -0.4 is 10.6 Å². The van der Waals surface area contributed by atoms with E-state index in [0.29, 0.717) is 5.69 Å². The van der Waals surface area contributed by atoms with Crippen LogP contribution in [0.4, 0.5) is 5.69 Å². The zero-order valence-corrected chi connectivity index (χ0v) is 15.5. The van der Waals surface area contributed by atoms with Crippen molar-refractivity contribution in [3.8, 4) is 0 Å². The van der Waals surface area contributed by atoms with Gasteiger partial charge in [-0.05, 0) is 18.6 Å². The Balaban J connectivity index is 1.56. The number of imide groups is 2. The van der Waals surface area contributed by atoms with Gasteiger partial charge < -0.3 is 10.4 Å². The number of benzene rings is 1. The predicted octanol–water partition coefficient (Wildman–Crippen LogP) is -1.19. The first kappa shape index (κ1) is 19.4. The van der Waals surface area contributed by atoms with Crippen LogP contribution in [0.2, 0.25) is 0 Å². The highest BCUT2D eigenvalue weighted by Crippen LogP contribution is 2.32. The second-order valence-corrected chi connectivity index (χ2v) is 6.79. The Kier molecular flexibility index (Phi) is 4.83. The second-order valence-electron chi connectivity index (χ2n) is 6.79. The Morgan fingerprint density at radius 1 is 1.23 bits per heavy atom. The molecule has 1 saturated heterocycles. The Morgan fingerprint density at radius 2 is 2.03 bits per heavy atom. The summed E-state index contributed by atoms with van der Waals surface area (Å²) in [5.41, 5.74) is 0.457. The summed E-state index contributed by atoms with van der Waals surface area (Å²) in [7, 11) is 0. The van der Waals surface area contributed by atoms with Gasteiger partial charge in [-0.25, -0.2) is 4.68 Å². The zero-order chi connectivity index (χ0) is 21.4. The van der Waals surface area contributed by atoms with E-state index in [0.717, 1.165) is 4.90 Å². The number of hydrogen-bond acceptors (Lipinski definition) is 8. The summed E-state index contributed by atoms with van der Waals surface area (Å²) in [6, 6.07) is 3.32. The number of anilines is 1. The van der Waals surface area contributed by atoms with E-state index in [1.807, 2.05) is 0 Å². The van der Waals surface area contributed by atoms with Crippen molar-refractivity contribution in [2.75, 3.05) is 5.32 Å². The molecule has 12 heteroatoms. The van der Waals surface area contributed by atoms with Crippen molar-refractivity contribution < 1.29 is 29.1 Å². The SMILES string of the molecule is O=C1CCC(N2C(=O)c3cccc(NC(=O)Cn4cc(CO)nn4)c3C2=O)C(=O)N1. The molecule has 3 N–H and O–H groups in total. The first-order chi connectivity index (χ1) is 14.4. The summed E-state index contributed by atoms with van der Waals surface area (Å²) in [6.07, 6.45) is 1.45. The largest absolute Gasteiger partial charge is 0.390 e. The fourth-order valence-corrected chi connectivity index (χ4v) is 3.44. The predicted molar refractivity (Wildman–Crippen MR) is 97.7 cm³/mol. The summed E-state index contributed by atoms with van der Waals surface area (Å²) in [6.45, 7) is -0.545. The maximum absolute atomic E-state index is 13.0. The van der Waals surface area contributed by atoms with Gasteiger partial charge >= 0.3 is 0 Å². The Labute approximate surface area is 168 Å². The van der Waals surface area contributed by atoms with Crippen molar-refractivity contribution in [1.29, 1.82) is 0 Å². The van der Waals surface area contributed by atoms with Gasteiger partial charge in [0, 0.05) is 6.42 Å². The lowest BCUT2D eigenvalue weighted by Gasteiger charge is -2.27. The summed E-state index contributed by atoms with van der Waals surface area (Å²) < 4.78 is 1.21. The Hall–Kier alpha value is -3.93. The summed E-state index contributed by atoms with van der Waals surface area (Å²) >= 11 is 0. The van der Waals surface area contributed by atoms with Gasteiger partial charge in [0.1, 0.15) is 18.3 Å². The molecule has 30 heavy (non-hydrogen) atoms. The number of fused-ring (bicyclic) bond motifs is 1. The number of aromatic nitrogens is 3. The zero-order valence-electron chi connectivity index (χ0n) is 15.5. The van der Waals surface area contributed by atoms with Crippen LogP contribution in [0.15, 0.2) is 24.4 Å². The molecule has 12 nitrogen and oxygen atoms in total. The van der Waals surface area contributed by atoms with Gasteiger partial charge in [0.15, 0.2) is 0 Å².